The number of anilines is 1. The maximum atomic E-state index is 12.9. The van der Waals surface area contributed by atoms with Gasteiger partial charge in [0.25, 0.3) is 5.91 Å². The maximum Gasteiger partial charge on any atom is 0.311 e. The molecule has 1 saturated heterocycles. The van der Waals surface area contributed by atoms with Crippen LogP contribution in [0.25, 0.3) is 0 Å². The molecule has 4 rings (SSSR count). The van der Waals surface area contributed by atoms with Crippen LogP contribution in [0.1, 0.15) is 53.0 Å². The van der Waals surface area contributed by atoms with Crippen LogP contribution in [0.15, 0.2) is 42.7 Å². The lowest BCUT2D eigenvalue weighted by Gasteiger charge is -2.32. The minimum atomic E-state index is -0.938. The monoisotopic (exact) mass is 449 g/mol. The van der Waals surface area contributed by atoms with Crippen LogP contribution in [0.2, 0.25) is 0 Å². The second-order valence-corrected chi connectivity index (χ2v) is 8.53. The summed E-state index contributed by atoms with van der Waals surface area (Å²) >= 11 is 0. The highest BCUT2D eigenvalue weighted by Gasteiger charge is 2.32. The highest BCUT2D eigenvalue weighted by atomic mass is 16.5. The van der Waals surface area contributed by atoms with Crippen LogP contribution in [0.4, 0.5) is 5.69 Å². The number of ketones is 1. The lowest BCUT2D eigenvalue weighted by atomic mass is 9.97. The van der Waals surface area contributed by atoms with Crippen molar-refractivity contribution in [2.75, 3.05) is 24.5 Å². The van der Waals surface area contributed by atoms with Gasteiger partial charge in [-0.2, -0.15) is 0 Å². The fourth-order valence-electron chi connectivity index (χ4n) is 4.47. The molecule has 2 amide bonds. The molecule has 2 aromatic rings. The molecule has 2 aliphatic rings. The summed E-state index contributed by atoms with van der Waals surface area (Å²) in [6, 6.07) is 8.52. The molecule has 0 N–H and O–H groups in total. The van der Waals surface area contributed by atoms with Gasteiger partial charge in [0.15, 0.2) is 6.10 Å². The smallest absolute Gasteiger partial charge is 0.311 e. The number of carbonyl (C=O) groups is 4. The number of carbonyl (C=O) groups excluding carboxylic acids is 4. The Kier molecular flexibility index (Phi) is 6.53. The Labute approximate surface area is 192 Å². The number of aromatic nitrogens is 1. The number of rotatable bonds is 5. The number of nitrogens with zero attached hydrogens (tertiary/aromatic N) is 3. The summed E-state index contributed by atoms with van der Waals surface area (Å²) in [5.41, 5.74) is 2.75. The van der Waals surface area contributed by atoms with E-state index in [1.54, 1.807) is 59.4 Å². The van der Waals surface area contributed by atoms with Crippen molar-refractivity contribution in [1.82, 2.24) is 9.88 Å². The van der Waals surface area contributed by atoms with E-state index >= 15 is 0 Å². The molecule has 2 atom stereocenters. The summed E-state index contributed by atoms with van der Waals surface area (Å²) in [6.45, 7) is 4.53. The first-order chi connectivity index (χ1) is 15.8. The topological polar surface area (TPSA) is 96.9 Å². The van der Waals surface area contributed by atoms with Crippen LogP contribution < -0.4 is 4.90 Å². The van der Waals surface area contributed by atoms with Gasteiger partial charge in [0.05, 0.1) is 5.92 Å². The first-order valence-corrected chi connectivity index (χ1v) is 11.2. The number of esters is 1. The average molecular weight is 450 g/mol. The molecule has 172 valence electrons. The lowest BCUT2D eigenvalue weighted by Crippen LogP contribution is -2.43. The van der Waals surface area contributed by atoms with E-state index in [-0.39, 0.29) is 24.1 Å². The van der Waals surface area contributed by atoms with Crippen molar-refractivity contribution >= 4 is 29.3 Å². The van der Waals surface area contributed by atoms with Gasteiger partial charge in [-0.3, -0.25) is 24.2 Å². The van der Waals surface area contributed by atoms with Crippen molar-refractivity contribution < 1.29 is 23.9 Å². The van der Waals surface area contributed by atoms with Crippen LogP contribution in [0.3, 0.4) is 0 Å². The number of hydrogen-bond acceptors (Lipinski definition) is 6. The number of Topliss-reactive ketones (excluding diaryl/α,β-unsaturated/α-hetero) is 1. The number of ether oxygens (including phenoxy) is 1. The Morgan fingerprint density at radius 1 is 1.06 bits per heavy atom. The van der Waals surface area contributed by atoms with Crippen LogP contribution in [-0.2, 0) is 20.7 Å². The van der Waals surface area contributed by atoms with E-state index in [2.05, 4.69) is 4.98 Å². The van der Waals surface area contributed by atoms with Gasteiger partial charge in [-0.1, -0.05) is 0 Å². The van der Waals surface area contributed by atoms with E-state index in [0.717, 1.165) is 11.3 Å². The SMILES string of the molecule is CC(=O)N1CCc2cc(C(=O)C(C)OC(=O)C3CCCN(C(=O)c4ccncc4)C3)ccc21. The van der Waals surface area contributed by atoms with E-state index in [1.807, 2.05) is 0 Å². The zero-order valence-corrected chi connectivity index (χ0v) is 18.8. The molecule has 33 heavy (non-hydrogen) atoms. The second-order valence-electron chi connectivity index (χ2n) is 8.53. The highest BCUT2D eigenvalue weighted by Crippen LogP contribution is 2.29. The first kappa shape index (κ1) is 22.6. The fourth-order valence-corrected chi connectivity index (χ4v) is 4.47. The number of pyridine rings is 1. The van der Waals surface area contributed by atoms with Crippen LogP contribution >= 0.6 is 0 Å². The van der Waals surface area contributed by atoms with Crippen LogP contribution in [0.5, 0.6) is 0 Å². The zero-order valence-electron chi connectivity index (χ0n) is 18.8. The quantitative estimate of drug-likeness (QED) is 0.514. The summed E-state index contributed by atoms with van der Waals surface area (Å²) in [5.74, 6) is -1.39. The third kappa shape index (κ3) is 4.79. The summed E-state index contributed by atoms with van der Waals surface area (Å²) in [7, 11) is 0. The van der Waals surface area contributed by atoms with Crippen molar-refractivity contribution in [3.63, 3.8) is 0 Å². The number of piperidine rings is 1. The van der Waals surface area contributed by atoms with Crippen molar-refractivity contribution in [2.45, 2.75) is 39.2 Å². The van der Waals surface area contributed by atoms with Crippen molar-refractivity contribution in [1.29, 1.82) is 0 Å². The first-order valence-electron chi connectivity index (χ1n) is 11.2. The van der Waals surface area contributed by atoms with E-state index in [4.69, 9.17) is 4.74 Å². The van der Waals surface area contributed by atoms with Gasteiger partial charge >= 0.3 is 5.97 Å². The largest absolute Gasteiger partial charge is 0.454 e. The number of hydrogen-bond donors (Lipinski definition) is 0. The Morgan fingerprint density at radius 2 is 1.82 bits per heavy atom. The number of amides is 2. The number of fused-ring (bicyclic) bond motifs is 1. The van der Waals surface area contributed by atoms with E-state index in [1.165, 1.54) is 6.92 Å². The predicted octanol–water partition coefficient (Wildman–Crippen LogP) is 2.66. The van der Waals surface area contributed by atoms with Crippen LogP contribution in [0, 0.1) is 5.92 Å². The molecule has 1 aromatic carbocycles. The average Bonchev–Trinajstić information content (AvgIpc) is 3.27. The molecule has 0 aliphatic carbocycles. The normalized spacial score (nSPS) is 18.4. The summed E-state index contributed by atoms with van der Waals surface area (Å²) in [4.78, 5) is 57.4. The summed E-state index contributed by atoms with van der Waals surface area (Å²) in [6.07, 6.45) is 4.18. The maximum absolute atomic E-state index is 12.9. The zero-order chi connectivity index (χ0) is 23.5. The fraction of sp³-hybridized carbons (Fsp3) is 0.400. The van der Waals surface area contributed by atoms with Gasteiger partial charge in [-0.25, -0.2) is 0 Å². The van der Waals surface area contributed by atoms with Gasteiger partial charge in [0.2, 0.25) is 11.7 Å². The van der Waals surface area contributed by atoms with Gasteiger partial charge < -0.3 is 14.5 Å². The van der Waals surface area contributed by atoms with Gasteiger partial charge in [-0.15, -0.1) is 0 Å². The Hall–Kier alpha value is -3.55. The Bertz CT molecular complexity index is 1080. The molecule has 3 heterocycles. The third-order valence-corrected chi connectivity index (χ3v) is 6.27. The predicted molar refractivity (Wildman–Crippen MR) is 121 cm³/mol. The van der Waals surface area contributed by atoms with E-state index in [9.17, 15) is 19.2 Å². The molecule has 2 aliphatic heterocycles. The molecule has 0 radical (unpaired) electrons. The number of benzene rings is 1. The molecule has 1 aromatic heterocycles. The molecule has 1 fully saturated rings. The van der Waals surface area contributed by atoms with Crippen LogP contribution in [-0.4, -0.2) is 59.2 Å². The molecular formula is C25H27N3O5. The summed E-state index contributed by atoms with van der Waals surface area (Å²) < 4.78 is 5.52. The lowest BCUT2D eigenvalue weighted by molar-refractivity contribution is -0.152. The minimum Gasteiger partial charge on any atom is -0.454 e. The summed E-state index contributed by atoms with van der Waals surface area (Å²) in [5, 5.41) is 0. The second kappa shape index (κ2) is 9.52. The Morgan fingerprint density at radius 3 is 2.55 bits per heavy atom. The standard InChI is InChI=1S/C25H27N3O5/c1-16(23(30)20-5-6-22-19(14-20)9-13-28(22)17(2)29)33-25(32)21-4-3-12-27(15-21)24(31)18-7-10-26-11-8-18/h5-8,10-11,14,16,21H,3-4,9,12-13,15H2,1-2H3. The number of likely N-dealkylation sites (tertiary alicyclic amines) is 1. The van der Waals surface area contributed by atoms with Crippen molar-refractivity contribution in [3.05, 3.63) is 59.4 Å². The van der Waals surface area contributed by atoms with Crippen molar-refractivity contribution in [2.24, 2.45) is 5.92 Å². The molecule has 8 nitrogen and oxygen atoms in total. The van der Waals surface area contributed by atoms with Gasteiger partial charge in [-0.05, 0) is 62.1 Å². The molecule has 0 spiro atoms. The molecular weight excluding hydrogens is 422 g/mol. The molecule has 2 unspecified atom stereocenters. The van der Waals surface area contributed by atoms with Gasteiger partial charge in [0, 0.05) is 55.8 Å². The minimum absolute atomic E-state index is 0.0286. The van der Waals surface area contributed by atoms with E-state index < -0.39 is 18.0 Å². The Balaban J connectivity index is 1.37. The third-order valence-electron chi connectivity index (χ3n) is 6.27. The molecule has 0 saturated carbocycles. The van der Waals surface area contributed by atoms with E-state index in [0.29, 0.717) is 43.5 Å². The van der Waals surface area contributed by atoms with Crippen molar-refractivity contribution in [3.8, 4) is 0 Å². The van der Waals surface area contributed by atoms with Gasteiger partial charge in [0.1, 0.15) is 0 Å². The molecule has 0 bridgehead atoms. The highest BCUT2D eigenvalue weighted by molar-refractivity contribution is 6.02. The molecule has 8 heteroatoms.